The van der Waals surface area contributed by atoms with Gasteiger partial charge in [0.2, 0.25) is 0 Å². The van der Waals surface area contributed by atoms with Crippen molar-refractivity contribution in [2.45, 2.75) is 39.0 Å². The Morgan fingerprint density at radius 1 is 1.20 bits per heavy atom. The van der Waals surface area contributed by atoms with Crippen LogP contribution in [0.1, 0.15) is 32.4 Å². The standard InChI is InChI=1S/C12H18ClNO/c1-8(2)14-9(3)12(15)10-6-4-5-7-11(10)13/h4-9,12,14-15H,1-3H3. The zero-order valence-electron chi connectivity index (χ0n) is 9.37. The van der Waals surface area contributed by atoms with Crippen molar-refractivity contribution < 1.29 is 5.11 Å². The second-order valence-corrected chi connectivity index (χ2v) is 4.48. The summed E-state index contributed by atoms with van der Waals surface area (Å²) in [5.41, 5.74) is 0.778. The van der Waals surface area contributed by atoms with Gasteiger partial charge in [0.15, 0.2) is 0 Å². The summed E-state index contributed by atoms with van der Waals surface area (Å²) in [5.74, 6) is 0. The first kappa shape index (κ1) is 12.5. The van der Waals surface area contributed by atoms with Gasteiger partial charge in [-0.3, -0.25) is 0 Å². The molecule has 0 aliphatic carbocycles. The van der Waals surface area contributed by atoms with Gasteiger partial charge in [-0.05, 0) is 13.0 Å². The molecule has 0 fully saturated rings. The molecule has 84 valence electrons. The summed E-state index contributed by atoms with van der Waals surface area (Å²) in [6, 6.07) is 7.72. The maximum absolute atomic E-state index is 10.1. The van der Waals surface area contributed by atoms with Crippen molar-refractivity contribution >= 4 is 11.6 Å². The Morgan fingerprint density at radius 3 is 2.33 bits per heavy atom. The van der Waals surface area contributed by atoms with Gasteiger partial charge >= 0.3 is 0 Å². The van der Waals surface area contributed by atoms with Crippen molar-refractivity contribution in [1.29, 1.82) is 0 Å². The summed E-state index contributed by atoms with van der Waals surface area (Å²) < 4.78 is 0. The Bertz CT molecular complexity index is 314. The summed E-state index contributed by atoms with van der Waals surface area (Å²) in [6.45, 7) is 6.06. The van der Waals surface area contributed by atoms with E-state index >= 15 is 0 Å². The molecule has 0 saturated carbocycles. The molecule has 1 aromatic rings. The van der Waals surface area contributed by atoms with E-state index in [1.54, 1.807) is 6.07 Å². The molecule has 0 spiro atoms. The van der Waals surface area contributed by atoms with Crippen LogP contribution < -0.4 is 5.32 Å². The van der Waals surface area contributed by atoms with Crippen LogP contribution in [-0.4, -0.2) is 17.2 Å². The van der Waals surface area contributed by atoms with Gasteiger partial charge in [-0.25, -0.2) is 0 Å². The largest absolute Gasteiger partial charge is 0.387 e. The van der Waals surface area contributed by atoms with Gasteiger partial charge in [0, 0.05) is 22.7 Å². The molecule has 0 aliphatic heterocycles. The summed E-state index contributed by atoms with van der Waals surface area (Å²) in [7, 11) is 0. The van der Waals surface area contributed by atoms with Crippen molar-refractivity contribution in [3.05, 3.63) is 34.9 Å². The zero-order chi connectivity index (χ0) is 11.4. The lowest BCUT2D eigenvalue weighted by Crippen LogP contribution is -2.37. The van der Waals surface area contributed by atoms with Crippen LogP contribution in [0, 0.1) is 0 Å². The van der Waals surface area contributed by atoms with E-state index in [2.05, 4.69) is 19.2 Å². The van der Waals surface area contributed by atoms with Crippen LogP contribution in [0.3, 0.4) is 0 Å². The molecule has 15 heavy (non-hydrogen) atoms. The first-order valence-electron chi connectivity index (χ1n) is 5.21. The number of nitrogens with one attached hydrogen (secondary N) is 1. The lowest BCUT2D eigenvalue weighted by atomic mass is 10.0. The highest BCUT2D eigenvalue weighted by atomic mass is 35.5. The zero-order valence-corrected chi connectivity index (χ0v) is 10.1. The molecule has 0 radical (unpaired) electrons. The van der Waals surface area contributed by atoms with Gasteiger partial charge in [-0.2, -0.15) is 0 Å². The average Bonchev–Trinajstić information content (AvgIpc) is 2.16. The molecule has 0 saturated heterocycles. The average molecular weight is 228 g/mol. The molecule has 2 atom stereocenters. The summed E-state index contributed by atoms with van der Waals surface area (Å²) in [6.07, 6.45) is -0.568. The Kier molecular flexibility index (Phi) is 4.58. The molecule has 0 aromatic heterocycles. The van der Waals surface area contributed by atoms with E-state index in [1.807, 2.05) is 25.1 Å². The van der Waals surface area contributed by atoms with Crippen molar-refractivity contribution in [2.24, 2.45) is 0 Å². The van der Waals surface area contributed by atoms with Crippen LogP contribution in [0.2, 0.25) is 5.02 Å². The lowest BCUT2D eigenvalue weighted by Gasteiger charge is -2.23. The second kappa shape index (κ2) is 5.50. The fraction of sp³-hybridized carbons (Fsp3) is 0.500. The predicted molar refractivity (Wildman–Crippen MR) is 64.1 cm³/mol. The first-order valence-corrected chi connectivity index (χ1v) is 5.58. The quantitative estimate of drug-likeness (QED) is 0.829. The highest BCUT2D eigenvalue weighted by Crippen LogP contribution is 2.24. The molecule has 3 heteroatoms. The minimum Gasteiger partial charge on any atom is -0.387 e. The predicted octanol–water partition coefficient (Wildman–Crippen LogP) is 2.76. The van der Waals surface area contributed by atoms with Gasteiger partial charge in [0.05, 0.1) is 6.10 Å². The third-order valence-electron chi connectivity index (χ3n) is 2.29. The van der Waals surface area contributed by atoms with E-state index in [0.29, 0.717) is 11.1 Å². The van der Waals surface area contributed by atoms with Gasteiger partial charge in [-0.15, -0.1) is 0 Å². The van der Waals surface area contributed by atoms with Crippen LogP contribution in [0.4, 0.5) is 0 Å². The van der Waals surface area contributed by atoms with Gasteiger partial charge < -0.3 is 10.4 Å². The number of benzene rings is 1. The Hall–Kier alpha value is -0.570. The topological polar surface area (TPSA) is 32.3 Å². The first-order chi connectivity index (χ1) is 7.02. The van der Waals surface area contributed by atoms with E-state index in [4.69, 9.17) is 11.6 Å². The molecule has 0 amide bonds. The van der Waals surface area contributed by atoms with Crippen molar-refractivity contribution in [3.8, 4) is 0 Å². The minimum atomic E-state index is -0.568. The maximum Gasteiger partial charge on any atom is 0.0954 e. The smallest absolute Gasteiger partial charge is 0.0954 e. The Balaban J connectivity index is 2.76. The monoisotopic (exact) mass is 227 g/mol. The number of hydrogen-bond acceptors (Lipinski definition) is 2. The molecule has 2 nitrogen and oxygen atoms in total. The van der Waals surface area contributed by atoms with E-state index in [0.717, 1.165) is 5.56 Å². The van der Waals surface area contributed by atoms with Gasteiger partial charge in [-0.1, -0.05) is 43.6 Å². The lowest BCUT2D eigenvalue weighted by molar-refractivity contribution is 0.132. The molecule has 1 rings (SSSR count). The van der Waals surface area contributed by atoms with E-state index in [9.17, 15) is 5.11 Å². The Morgan fingerprint density at radius 2 is 1.80 bits per heavy atom. The minimum absolute atomic E-state index is 0.00935. The van der Waals surface area contributed by atoms with Crippen LogP contribution in [0.25, 0.3) is 0 Å². The van der Waals surface area contributed by atoms with Crippen LogP contribution >= 0.6 is 11.6 Å². The van der Waals surface area contributed by atoms with Crippen molar-refractivity contribution in [2.75, 3.05) is 0 Å². The second-order valence-electron chi connectivity index (χ2n) is 4.08. The Labute approximate surface area is 96.3 Å². The maximum atomic E-state index is 10.1. The normalized spacial score (nSPS) is 15.3. The van der Waals surface area contributed by atoms with E-state index < -0.39 is 6.10 Å². The molecule has 0 aliphatic rings. The number of aliphatic hydroxyl groups is 1. The summed E-state index contributed by atoms with van der Waals surface area (Å²) in [5, 5.41) is 13.9. The highest BCUT2D eigenvalue weighted by Gasteiger charge is 2.18. The van der Waals surface area contributed by atoms with Crippen molar-refractivity contribution in [1.82, 2.24) is 5.32 Å². The number of rotatable bonds is 4. The van der Waals surface area contributed by atoms with E-state index in [1.165, 1.54) is 0 Å². The molecule has 2 unspecified atom stereocenters. The van der Waals surface area contributed by atoms with Crippen molar-refractivity contribution in [3.63, 3.8) is 0 Å². The van der Waals surface area contributed by atoms with Crippen LogP contribution in [0.15, 0.2) is 24.3 Å². The van der Waals surface area contributed by atoms with Gasteiger partial charge in [0.25, 0.3) is 0 Å². The number of halogens is 1. The summed E-state index contributed by atoms with van der Waals surface area (Å²) >= 11 is 6.01. The third kappa shape index (κ3) is 3.49. The number of aliphatic hydroxyl groups excluding tert-OH is 1. The SMILES string of the molecule is CC(C)NC(C)C(O)c1ccccc1Cl. The third-order valence-corrected chi connectivity index (χ3v) is 2.64. The van der Waals surface area contributed by atoms with E-state index in [-0.39, 0.29) is 6.04 Å². The summed E-state index contributed by atoms with van der Waals surface area (Å²) in [4.78, 5) is 0. The molecule has 2 N–H and O–H groups in total. The van der Waals surface area contributed by atoms with Crippen LogP contribution in [0.5, 0.6) is 0 Å². The molecular formula is C12H18ClNO. The van der Waals surface area contributed by atoms with Gasteiger partial charge in [0.1, 0.15) is 0 Å². The molecule has 1 aromatic carbocycles. The molecule has 0 bridgehead atoms. The number of hydrogen-bond donors (Lipinski definition) is 2. The molecule has 0 heterocycles. The fourth-order valence-electron chi connectivity index (χ4n) is 1.60. The molecular weight excluding hydrogens is 210 g/mol. The van der Waals surface area contributed by atoms with Crippen LogP contribution in [-0.2, 0) is 0 Å². The fourth-order valence-corrected chi connectivity index (χ4v) is 1.85. The highest BCUT2D eigenvalue weighted by molar-refractivity contribution is 6.31.